The molecule has 5 rings (SSSR count). The highest BCUT2D eigenvalue weighted by atomic mass is 16.5. The van der Waals surface area contributed by atoms with E-state index in [4.69, 9.17) is 4.52 Å². The lowest BCUT2D eigenvalue weighted by Gasteiger charge is -2.22. The van der Waals surface area contributed by atoms with Crippen LogP contribution in [0.4, 0.5) is 11.4 Å². The van der Waals surface area contributed by atoms with Crippen molar-refractivity contribution in [1.29, 1.82) is 0 Å². The summed E-state index contributed by atoms with van der Waals surface area (Å²) >= 11 is 0. The topological polar surface area (TPSA) is 62.5 Å². The van der Waals surface area contributed by atoms with Crippen LogP contribution in [0, 0.1) is 0 Å². The minimum atomic E-state index is -0.0738. The smallest absolute Gasteiger partial charge is 0.232 e. The van der Waals surface area contributed by atoms with Crippen molar-refractivity contribution in [3.8, 4) is 11.4 Å². The van der Waals surface area contributed by atoms with Gasteiger partial charge in [-0.2, -0.15) is 4.98 Å². The molecule has 1 amide bonds. The van der Waals surface area contributed by atoms with Gasteiger partial charge in [0.2, 0.25) is 17.6 Å². The molecule has 3 heterocycles. The number of rotatable bonds is 4. The number of hydrogen-bond acceptors (Lipinski definition) is 5. The first-order chi connectivity index (χ1) is 14.8. The van der Waals surface area contributed by atoms with E-state index >= 15 is 0 Å². The van der Waals surface area contributed by atoms with E-state index in [0.717, 1.165) is 24.3 Å². The quantitative estimate of drug-likeness (QED) is 0.636. The van der Waals surface area contributed by atoms with Gasteiger partial charge in [-0.15, -0.1) is 0 Å². The average molecular weight is 402 g/mol. The number of hydrogen-bond donors (Lipinski definition) is 0. The maximum atomic E-state index is 12.5. The number of para-hydroxylation sites is 1. The van der Waals surface area contributed by atoms with E-state index in [1.807, 2.05) is 30.3 Å². The average Bonchev–Trinajstić information content (AvgIpc) is 3.33. The van der Waals surface area contributed by atoms with Gasteiger partial charge in [-0.05, 0) is 49.2 Å². The van der Waals surface area contributed by atoms with Gasteiger partial charge in [0.15, 0.2) is 0 Å². The summed E-state index contributed by atoms with van der Waals surface area (Å²) in [6.07, 6.45) is 5.56. The van der Waals surface area contributed by atoms with Crippen LogP contribution in [0.5, 0.6) is 0 Å². The van der Waals surface area contributed by atoms with Gasteiger partial charge in [-0.25, -0.2) is 0 Å². The predicted octanol–water partition coefficient (Wildman–Crippen LogP) is 4.64. The number of aromatic nitrogens is 2. The van der Waals surface area contributed by atoms with E-state index in [0.29, 0.717) is 24.7 Å². The van der Waals surface area contributed by atoms with Crippen LogP contribution >= 0.6 is 0 Å². The third kappa shape index (κ3) is 3.82. The molecule has 6 heteroatoms. The highest BCUT2D eigenvalue weighted by Gasteiger charge is 2.35. The zero-order chi connectivity index (χ0) is 20.3. The lowest BCUT2D eigenvalue weighted by Crippen LogP contribution is -2.24. The normalized spacial score (nSPS) is 19.9. The maximum Gasteiger partial charge on any atom is 0.232 e. The fraction of sp³-hybridized carbons (Fsp3) is 0.375. The van der Waals surface area contributed by atoms with Crippen molar-refractivity contribution < 1.29 is 9.32 Å². The second-order valence-electron chi connectivity index (χ2n) is 8.15. The van der Waals surface area contributed by atoms with Gasteiger partial charge in [-0.1, -0.05) is 36.2 Å². The molecule has 1 atom stereocenters. The molecule has 2 saturated heterocycles. The van der Waals surface area contributed by atoms with Gasteiger partial charge in [0.05, 0.1) is 5.92 Å². The first-order valence-electron chi connectivity index (χ1n) is 10.8. The molecule has 6 nitrogen and oxygen atoms in total. The molecule has 0 unspecified atom stereocenters. The van der Waals surface area contributed by atoms with Crippen molar-refractivity contribution in [3.63, 3.8) is 0 Å². The van der Waals surface area contributed by atoms with Crippen LogP contribution in [0.2, 0.25) is 0 Å². The molecule has 3 aromatic rings. The second kappa shape index (κ2) is 8.30. The molecule has 0 bridgehead atoms. The van der Waals surface area contributed by atoms with Gasteiger partial charge in [-0.3, -0.25) is 4.79 Å². The Morgan fingerprint density at radius 2 is 1.60 bits per heavy atom. The molecular formula is C24H26N4O2. The summed E-state index contributed by atoms with van der Waals surface area (Å²) in [5.74, 6) is 1.13. The summed E-state index contributed by atoms with van der Waals surface area (Å²) in [7, 11) is 0. The molecule has 2 aliphatic heterocycles. The predicted molar refractivity (Wildman–Crippen MR) is 117 cm³/mol. The largest absolute Gasteiger partial charge is 0.372 e. The zero-order valence-electron chi connectivity index (χ0n) is 17.0. The van der Waals surface area contributed by atoms with Crippen LogP contribution in [0.1, 0.15) is 43.9 Å². The summed E-state index contributed by atoms with van der Waals surface area (Å²) < 4.78 is 5.55. The van der Waals surface area contributed by atoms with E-state index in [1.165, 1.54) is 31.4 Å². The Labute approximate surface area is 176 Å². The molecule has 2 aromatic carbocycles. The van der Waals surface area contributed by atoms with Crippen LogP contribution < -0.4 is 9.80 Å². The summed E-state index contributed by atoms with van der Waals surface area (Å²) in [5.41, 5.74) is 3.10. The molecule has 0 saturated carbocycles. The number of benzene rings is 2. The van der Waals surface area contributed by atoms with Crippen molar-refractivity contribution in [3.05, 3.63) is 60.5 Å². The molecule has 2 aliphatic rings. The molecule has 0 spiro atoms. The third-order valence-electron chi connectivity index (χ3n) is 6.08. The minimum Gasteiger partial charge on any atom is -0.372 e. The number of carbonyl (C=O) groups excluding carboxylic acids is 1. The van der Waals surface area contributed by atoms with E-state index in [9.17, 15) is 4.79 Å². The van der Waals surface area contributed by atoms with Gasteiger partial charge < -0.3 is 14.3 Å². The van der Waals surface area contributed by atoms with Crippen molar-refractivity contribution in [2.45, 2.75) is 38.0 Å². The molecule has 2 fully saturated rings. The fourth-order valence-corrected chi connectivity index (χ4v) is 4.40. The number of nitrogens with zero attached hydrogens (tertiary/aromatic N) is 4. The van der Waals surface area contributed by atoms with Crippen molar-refractivity contribution in [1.82, 2.24) is 10.1 Å². The Kier molecular flexibility index (Phi) is 5.22. The Morgan fingerprint density at radius 3 is 2.33 bits per heavy atom. The van der Waals surface area contributed by atoms with Gasteiger partial charge >= 0.3 is 0 Å². The molecule has 0 aliphatic carbocycles. The van der Waals surface area contributed by atoms with Crippen LogP contribution in [-0.2, 0) is 4.79 Å². The summed E-state index contributed by atoms with van der Waals surface area (Å²) in [6.45, 7) is 2.82. The monoisotopic (exact) mass is 402 g/mol. The van der Waals surface area contributed by atoms with E-state index < -0.39 is 0 Å². The Balaban J connectivity index is 1.29. The van der Waals surface area contributed by atoms with Crippen LogP contribution in [0.3, 0.4) is 0 Å². The summed E-state index contributed by atoms with van der Waals surface area (Å²) in [5, 5.41) is 4.18. The SMILES string of the molecule is O=C1C[C@@H](c2nc(-c3ccc(N4CCCCCC4)cc3)no2)CN1c1ccccc1. The first kappa shape index (κ1) is 18.9. The maximum absolute atomic E-state index is 12.5. The van der Waals surface area contributed by atoms with E-state index in [2.05, 4.69) is 39.3 Å². The summed E-state index contributed by atoms with van der Waals surface area (Å²) in [6, 6.07) is 18.1. The molecular weight excluding hydrogens is 376 g/mol. The second-order valence-corrected chi connectivity index (χ2v) is 8.15. The highest BCUT2D eigenvalue weighted by molar-refractivity contribution is 5.96. The molecule has 0 N–H and O–H groups in total. The zero-order valence-corrected chi connectivity index (χ0v) is 17.0. The van der Waals surface area contributed by atoms with E-state index in [1.54, 1.807) is 4.90 Å². The Hall–Kier alpha value is -3.15. The van der Waals surface area contributed by atoms with Crippen LogP contribution in [-0.4, -0.2) is 35.7 Å². The lowest BCUT2D eigenvalue weighted by atomic mass is 10.1. The Morgan fingerprint density at radius 1 is 0.867 bits per heavy atom. The summed E-state index contributed by atoms with van der Waals surface area (Å²) in [4.78, 5) is 21.3. The highest BCUT2D eigenvalue weighted by Crippen LogP contribution is 2.32. The molecule has 1 aromatic heterocycles. The molecule has 0 radical (unpaired) electrons. The van der Waals surface area contributed by atoms with Crippen LogP contribution in [0.15, 0.2) is 59.1 Å². The lowest BCUT2D eigenvalue weighted by molar-refractivity contribution is -0.117. The fourth-order valence-electron chi connectivity index (χ4n) is 4.40. The molecule has 30 heavy (non-hydrogen) atoms. The van der Waals surface area contributed by atoms with Gasteiger partial charge in [0.25, 0.3) is 0 Å². The van der Waals surface area contributed by atoms with Crippen molar-refractivity contribution in [2.75, 3.05) is 29.4 Å². The Bertz CT molecular complexity index is 992. The van der Waals surface area contributed by atoms with Crippen LogP contribution in [0.25, 0.3) is 11.4 Å². The number of carbonyl (C=O) groups is 1. The third-order valence-corrected chi connectivity index (χ3v) is 6.08. The number of anilines is 2. The molecule has 154 valence electrons. The van der Waals surface area contributed by atoms with Crippen molar-refractivity contribution >= 4 is 17.3 Å². The van der Waals surface area contributed by atoms with Gasteiger partial charge in [0.1, 0.15) is 0 Å². The number of amides is 1. The minimum absolute atomic E-state index is 0.0738. The standard InChI is InChI=1S/C24H26N4O2/c29-22-16-19(17-28(22)21-8-4-3-5-9-21)24-25-23(26-30-24)18-10-12-20(13-11-18)27-14-6-1-2-7-15-27/h3-5,8-13,19H,1-2,6-7,14-17H2/t19-/m1/s1. The van der Waals surface area contributed by atoms with Crippen molar-refractivity contribution in [2.24, 2.45) is 0 Å². The first-order valence-corrected chi connectivity index (χ1v) is 10.8. The van der Waals surface area contributed by atoms with Gasteiger partial charge in [0, 0.05) is 43.0 Å². The van der Waals surface area contributed by atoms with E-state index in [-0.39, 0.29) is 11.8 Å².